The minimum atomic E-state index is -0.449. The van der Waals surface area contributed by atoms with Gasteiger partial charge in [-0.2, -0.15) is 0 Å². The largest absolute Gasteiger partial charge is 0.497 e. The van der Waals surface area contributed by atoms with E-state index in [0.717, 1.165) is 17.0 Å². The Hall–Kier alpha value is -2.54. The zero-order valence-corrected chi connectivity index (χ0v) is 14.0. The molecule has 128 valence electrons. The molecule has 0 unspecified atom stereocenters. The van der Waals surface area contributed by atoms with E-state index in [1.54, 1.807) is 26.2 Å². The van der Waals surface area contributed by atoms with Crippen LogP contribution in [0, 0.1) is 0 Å². The highest BCUT2D eigenvalue weighted by Crippen LogP contribution is 2.35. The highest BCUT2D eigenvalue weighted by molar-refractivity contribution is 6.01. The number of nitrogens with one attached hydrogen (secondary N) is 1. The number of rotatable bonds is 5. The number of urea groups is 1. The number of benzene rings is 1. The molecule has 2 aliphatic heterocycles. The molecule has 1 aromatic rings. The number of likely N-dealkylation sites (N-methyl/N-ethyl adjacent to an activating group) is 1. The lowest BCUT2D eigenvalue weighted by Crippen LogP contribution is -2.45. The molecule has 1 N–H and O–H groups in total. The van der Waals surface area contributed by atoms with Crippen LogP contribution in [0.1, 0.15) is 11.6 Å². The van der Waals surface area contributed by atoms with Crippen molar-refractivity contribution in [2.45, 2.75) is 6.04 Å². The van der Waals surface area contributed by atoms with Gasteiger partial charge in [0.25, 0.3) is 5.91 Å². The number of amides is 3. The van der Waals surface area contributed by atoms with Gasteiger partial charge in [-0.15, -0.1) is 0 Å². The topological polar surface area (TPSA) is 71.1 Å². The van der Waals surface area contributed by atoms with E-state index in [2.05, 4.69) is 5.32 Å². The summed E-state index contributed by atoms with van der Waals surface area (Å²) in [5.74, 6) is 0.668. The summed E-state index contributed by atoms with van der Waals surface area (Å²) in [6.07, 6.45) is 0. The minimum absolute atomic E-state index is 0.0604. The lowest BCUT2D eigenvalue weighted by Gasteiger charge is -2.31. The van der Waals surface area contributed by atoms with Gasteiger partial charge in [-0.25, -0.2) is 4.79 Å². The van der Waals surface area contributed by atoms with Crippen molar-refractivity contribution in [1.82, 2.24) is 15.1 Å². The van der Waals surface area contributed by atoms with Crippen molar-refractivity contribution in [2.75, 3.05) is 41.0 Å². The predicted molar refractivity (Wildman–Crippen MR) is 87.5 cm³/mol. The zero-order chi connectivity index (χ0) is 17.3. The quantitative estimate of drug-likeness (QED) is 0.878. The molecule has 0 bridgehead atoms. The standard InChI is InChI=1S/C17H21N3O4/c1-19-13-10-20(8-9-23-2)16(21)14(13)15(18-17(19)22)11-4-6-12(24-3)7-5-11/h4-7,15H,8-10H2,1-3H3,(H,18,22)/t15-/m0/s1. The van der Waals surface area contributed by atoms with Crippen molar-refractivity contribution < 1.29 is 19.1 Å². The van der Waals surface area contributed by atoms with Gasteiger partial charge >= 0.3 is 6.03 Å². The Morgan fingerprint density at radius 2 is 1.92 bits per heavy atom. The molecule has 0 saturated carbocycles. The van der Waals surface area contributed by atoms with Gasteiger partial charge in [0.2, 0.25) is 0 Å². The second kappa shape index (κ2) is 6.52. The fourth-order valence-electron chi connectivity index (χ4n) is 3.05. The molecule has 1 atom stereocenters. The predicted octanol–water partition coefficient (Wildman–Crippen LogP) is 1.13. The Morgan fingerprint density at radius 3 is 2.54 bits per heavy atom. The fourth-order valence-corrected chi connectivity index (χ4v) is 3.05. The number of ether oxygens (including phenoxy) is 2. The van der Waals surface area contributed by atoms with Gasteiger partial charge in [-0.3, -0.25) is 9.69 Å². The van der Waals surface area contributed by atoms with E-state index in [0.29, 0.717) is 25.3 Å². The normalized spacial score (nSPS) is 20.4. The molecule has 7 nitrogen and oxygen atoms in total. The molecule has 3 rings (SSSR count). The Balaban J connectivity index is 1.94. The summed E-state index contributed by atoms with van der Waals surface area (Å²) in [7, 11) is 4.88. The summed E-state index contributed by atoms with van der Waals surface area (Å²) < 4.78 is 10.2. The molecule has 2 heterocycles. The molecule has 2 aliphatic rings. The van der Waals surface area contributed by atoms with Crippen molar-refractivity contribution in [1.29, 1.82) is 0 Å². The number of methoxy groups -OCH3 is 2. The third-order valence-corrected chi connectivity index (χ3v) is 4.45. The summed E-state index contributed by atoms with van der Waals surface area (Å²) in [4.78, 5) is 28.3. The van der Waals surface area contributed by atoms with Crippen LogP contribution in [-0.2, 0) is 9.53 Å². The first-order valence-corrected chi connectivity index (χ1v) is 7.76. The van der Waals surface area contributed by atoms with Crippen LogP contribution in [0.2, 0.25) is 0 Å². The molecule has 7 heteroatoms. The molecule has 24 heavy (non-hydrogen) atoms. The van der Waals surface area contributed by atoms with E-state index < -0.39 is 6.04 Å². The first-order chi connectivity index (χ1) is 11.6. The van der Waals surface area contributed by atoms with Gasteiger partial charge in [-0.05, 0) is 17.7 Å². The average Bonchev–Trinajstić information content (AvgIpc) is 2.93. The van der Waals surface area contributed by atoms with Crippen molar-refractivity contribution in [3.05, 3.63) is 41.1 Å². The molecule has 0 fully saturated rings. The van der Waals surface area contributed by atoms with Crippen LogP contribution < -0.4 is 10.1 Å². The van der Waals surface area contributed by atoms with Crippen LogP contribution in [0.4, 0.5) is 4.79 Å². The summed E-state index contributed by atoms with van der Waals surface area (Å²) in [6, 6.07) is 6.71. The van der Waals surface area contributed by atoms with E-state index >= 15 is 0 Å². The number of carbonyl (C=O) groups excluding carboxylic acids is 2. The first kappa shape index (κ1) is 16.3. The Morgan fingerprint density at radius 1 is 1.21 bits per heavy atom. The lowest BCUT2D eigenvalue weighted by molar-refractivity contribution is -0.126. The third-order valence-electron chi connectivity index (χ3n) is 4.45. The smallest absolute Gasteiger partial charge is 0.322 e. The fraction of sp³-hybridized carbons (Fsp3) is 0.412. The van der Waals surface area contributed by atoms with E-state index in [1.807, 2.05) is 24.3 Å². The van der Waals surface area contributed by atoms with Gasteiger partial charge in [0, 0.05) is 20.7 Å². The molecule has 3 amide bonds. The van der Waals surface area contributed by atoms with Crippen molar-refractivity contribution in [2.24, 2.45) is 0 Å². The molecule has 0 aliphatic carbocycles. The number of hydrogen-bond acceptors (Lipinski definition) is 4. The average molecular weight is 331 g/mol. The highest BCUT2D eigenvalue weighted by atomic mass is 16.5. The second-order valence-corrected chi connectivity index (χ2v) is 5.79. The summed E-state index contributed by atoms with van der Waals surface area (Å²) >= 11 is 0. The summed E-state index contributed by atoms with van der Waals surface area (Å²) in [5, 5.41) is 2.91. The molecule has 0 spiro atoms. The van der Waals surface area contributed by atoms with E-state index in [1.165, 1.54) is 4.90 Å². The number of hydrogen-bond donors (Lipinski definition) is 1. The van der Waals surface area contributed by atoms with Crippen LogP contribution in [-0.4, -0.2) is 62.7 Å². The van der Waals surface area contributed by atoms with Crippen molar-refractivity contribution in [3.8, 4) is 5.75 Å². The lowest BCUT2D eigenvalue weighted by atomic mass is 9.95. The maximum atomic E-state index is 12.8. The van der Waals surface area contributed by atoms with Crippen LogP contribution >= 0.6 is 0 Å². The maximum absolute atomic E-state index is 12.8. The summed E-state index contributed by atoms with van der Waals surface area (Å²) in [6.45, 7) is 1.39. The molecule has 0 radical (unpaired) electrons. The van der Waals surface area contributed by atoms with E-state index in [9.17, 15) is 9.59 Å². The number of carbonyl (C=O) groups is 2. The Bertz CT molecular complexity index is 684. The zero-order valence-electron chi connectivity index (χ0n) is 14.0. The first-order valence-electron chi connectivity index (χ1n) is 7.76. The minimum Gasteiger partial charge on any atom is -0.497 e. The van der Waals surface area contributed by atoms with Crippen LogP contribution in [0.5, 0.6) is 5.75 Å². The molecule has 1 aromatic carbocycles. The van der Waals surface area contributed by atoms with Crippen molar-refractivity contribution >= 4 is 11.9 Å². The third kappa shape index (κ3) is 2.71. The SMILES string of the molecule is COCCN1CC2=C(C1=O)[C@H](c1ccc(OC)cc1)NC(=O)N2C. The van der Waals surface area contributed by atoms with Crippen LogP contribution in [0.3, 0.4) is 0 Å². The Kier molecular flexibility index (Phi) is 4.44. The van der Waals surface area contributed by atoms with Gasteiger partial charge < -0.3 is 19.7 Å². The van der Waals surface area contributed by atoms with Gasteiger partial charge in [0.1, 0.15) is 5.75 Å². The molecular weight excluding hydrogens is 310 g/mol. The van der Waals surface area contributed by atoms with Crippen LogP contribution in [0.25, 0.3) is 0 Å². The summed E-state index contributed by atoms with van der Waals surface area (Å²) in [5.41, 5.74) is 2.23. The van der Waals surface area contributed by atoms with Crippen LogP contribution in [0.15, 0.2) is 35.5 Å². The van der Waals surface area contributed by atoms with E-state index in [-0.39, 0.29) is 11.9 Å². The maximum Gasteiger partial charge on any atom is 0.322 e. The Labute approximate surface area is 140 Å². The van der Waals surface area contributed by atoms with Crippen molar-refractivity contribution in [3.63, 3.8) is 0 Å². The molecule has 0 saturated heterocycles. The highest BCUT2D eigenvalue weighted by Gasteiger charge is 2.42. The monoisotopic (exact) mass is 331 g/mol. The molecular formula is C17H21N3O4. The number of nitrogens with zero attached hydrogens (tertiary/aromatic N) is 2. The van der Waals surface area contributed by atoms with Gasteiger partial charge in [0.05, 0.1) is 37.6 Å². The van der Waals surface area contributed by atoms with Gasteiger partial charge in [0.15, 0.2) is 0 Å². The molecule has 0 aromatic heterocycles. The van der Waals surface area contributed by atoms with E-state index in [4.69, 9.17) is 9.47 Å². The van der Waals surface area contributed by atoms with Gasteiger partial charge in [-0.1, -0.05) is 12.1 Å². The second-order valence-electron chi connectivity index (χ2n) is 5.79.